The summed E-state index contributed by atoms with van der Waals surface area (Å²) < 4.78 is 1.79. The van der Waals surface area contributed by atoms with Gasteiger partial charge in [0.25, 0.3) is 5.91 Å². The number of carboxylic acids is 1. The van der Waals surface area contributed by atoms with E-state index in [1.54, 1.807) is 29.2 Å². The first kappa shape index (κ1) is 30.5. The van der Waals surface area contributed by atoms with Crippen molar-refractivity contribution < 1.29 is 14.7 Å². The molecule has 0 saturated carbocycles. The Bertz CT molecular complexity index is 1460. The van der Waals surface area contributed by atoms with Crippen LogP contribution in [0.4, 0.5) is 0 Å². The molecule has 42 heavy (non-hydrogen) atoms. The second-order valence-electron chi connectivity index (χ2n) is 11.5. The predicted molar refractivity (Wildman–Crippen MR) is 161 cm³/mol. The fraction of sp³-hybridized carbons (Fsp3) is 0.406. The molecule has 2 aromatic heterocycles. The Morgan fingerprint density at radius 1 is 0.905 bits per heavy atom. The van der Waals surface area contributed by atoms with Crippen LogP contribution in [0, 0.1) is 0 Å². The Morgan fingerprint density at radius 3 is 2.19 bits per heavy atom. The van der Waals surface area contributed by atoms with Crippen LogP contribution >= 0.6 is 0 Å². The summed E-state index contributed by atoms with van der Waals surface area (Å²) >= 11 is 0. The van der Waals surface area contributed by atoms with E-state index >= 15 is 0 Å². The molecular weight excluding hydrogens is 530 g/mol. The van der Waals surface area contributed by atoms with Crippen molar-refractivity contribution >= 4 is 11.9 Å². The minimum atomic E-state index is -1.10. The van der Waals surface area contributed by atoms with E-state index in [1.165, 1.54) is 19.3 Å². The first-order valence-corrected chi connectivity index (χ1v) is 14.5. The molecule has 0 aliphatic rings. The largest absolute Gasteiger partial charge is 0.480 e. The summed E-state index contributed by atoms with van der Waals surface area (Å²) in [7, 11) is 0. The molecule has 2 heterocycles. The first-order chi connectivity index (χ1) is 20.2. The Labute approximate surface area is 246 Å². The van der Waals surface area contributed by atoms with Gasteiger partial charge < -0.3 is 10.4 Å². The number of nitrogens with zero attached hydrogens (tertiary/aromatic N) is 6. The molecule has 0 spiro atoms. The number of nitrogens with one attached hydrogen (secondary N) is 1. The quantitative estimate of drug-likeness (QED) is 0.202. The third kappa shape index (κ3) is 8.05. The topological polar surface area (TPSA) is 136 Å². The molecule has 2 aromatic carbocycles. The second-order valence-corrected chi connectivity index (χ2v) is 11.5. The number of hydrogen-bond acceptors (Lipinski definition) is 7. The van der Waals surface area contributed by atoms with Crippen LogP contribution in [0.5, 0.6) is 0 Å². The zero-order valence-corrected chi connectivity index (χ0v) is 24.7. The number of unbranched alkanes of at least 4 members (excludes halogenated alkanes) is 4. The minimum Gasteiger partial charge on any atom is -0.480 e. The number of aromatic nitrogens is 6. The molecule has 0 bridgehead atoms. The molecule has 0 unspecified atom stereocenters. The lowest BCUT2D eigenvalue weighted by Crippen LogP contribution is -2.42. The number of carbonyl (C=O) groups is 2. The number of carboxylic acid groups (broad SMARTS) is 1. The summed E-state index contributed by atoms with van der Waals surface area (Å²) in [4.78, 5) is 33.7. The predicted octanol–water partition coefficient (Wildman–Crippen LogP) is 5.49. The number of amides is 1. The maximum Gasteiger partial charge on any atom is 0.326 e. The highest BCUT2D eigenvalue weighted by Crippen LogP contribution is 2.23. The monoisotopic (exact) mass is 569 g/mol. The first-order valence-electron chi connectivity index (χ1n) is 14.5. The summed E-state index contributed by atoms with van der Waals surface area (Å²) in [5.74, 6) is -0.346. The van der Waals surface area contributed by atoms with Gasteiger partial charge in [-0.15, -0.1) is 5.10 Å². The zero-order valence-electron chi connectivity index (χ0n) is 24.7. The highest BCUT2D eigenvalue weighted by Gasteiger charge is 2.22. The smallest absolute Gasteiger partial charge is 0.326 e. The van der Waals surface area contributed by atoms with Crippen LogP contribution in [-0.4, -0.2) is 53.2 Å². The van der Waals surface area contributed by atoms with E-state index in [9.17, 15) is 14.7 Å². The third-order valence-electron chi connectivity index (χ3n) is 7.18. The zero-order chi connectivity index (χ0) is 30.1. The van der Waals surface area contributed by atoms with Gasteiger partial charge in [0.2, 0.25) is 0 Å². The summed E-state index contributed by atoms with van der Waals surface area (Å²) in [6, 6.07) is 13.5. The summed E-state index contributed by atoms with van der Waals surface area (Å²) in [6.45, 7) is 9.23. The van der Waals surface area contributed by atoms with Gasteiger partial charge in [0.05, 0.1) is 5.56 Å². The van der Waals surface area contributed by atoms with Gasteiger partial charge in [0.1, 0.15) is 6.04 Å². The molecule has 0 saturated heterocycles. The van der Waals surface area contributed by atoms with E-state index in [-0.39, 0.29) is 11.8 Å². The van der Waals surface area contributed by atoms with Gasteiger partial charge in [-0.05, 0) is 45.5 Å². The van der Waals surface area contributed by atoms with Crippen molar-refractivity contribution in [2.45, 2.75) is 84.2 Å². The minimum absolute atomic E-state index is 0.0382. The van der Waals surface area contributed by atoms with Gasteiger partial charge in [0.15, 0.2) is 11.6 Å². The average molecular weight is 570 g/mol. The molecule has 4 rings (SSSR count). The van der Waals surface area contributed by atoms with Crippen molar-refractivity contribution in [2.75, 3.05) is 0 Å². The Morgan fingerprint density at radius 2 is 1.57 bits per heavy atom. The number of aryl methyl sites for hydroxylation is 1. The Balaban J connectivity index is 1.37. The molecule has 220 valence electrons. The highest BCUT2D eigenvalue weighted by atomic mass is 16.4. The molecule has 0 aliphatic carbocycles. The van der Waals surface area contributed by atoms with Gasteiger partial charge in [-0.1, -0.05) is 89.8 Å². The van der Waals surface area contributed by atoms with Crippen LogP contribution < -0.4 is 5.32 Å². The van der Waals surface area contributed by atoms with Gasteiger partial charge in [-0.3, -0.25) is 4.79 Å². The van der Waals surface area contributed by atoms with Gasteiger partial charge >= 0.3 is 5.97 Å². The van der Waals surface area contributed by atoms with Crippen molar-refractivity contribution in [2.24, 2.45) is 0 Å². The number of hydrogen-bond donors (Lipinski definition) is 2. The molecule has 0 radical (unpaired) electrons. The molecule has 0 fully saturated rings. The van der Waals surface area contributed by atoms with Crippen molar-refractivity contribution in [3.05, 3.63) is 77.6 Å². The van der Waals surface area contributed by atoms with Crippen LogP contribution in [0.2, 0.25) is 0 Å². The molecule has 4 aromatic rings. The Hall–Kier alpha value is -4.47. The lowest BCUT2D eigenvalue weighted by molar-refractivity contribution is -0.139. The summed E-state index contributed by atoms with van der Waals surface area (Å²) in [5.41, 5.74) is 3.78. The lowest BCUT2D eigenvalue weighted by Gasteiger charge is -2.19. The van der Waals surface area contributed by atoms with E-state index in [2.05, 4.69) is 58.5 Å². The van der Waals surface area contributed by atoms with Crippen LogP contribution in [0.3, 0.4) is 0 Å². The van der Waals surface area contributed by atoms with E-state index in [0.29, 0.717) is 17.2 Å². The maximum absolute atomic E-state index is 12.8. The van der Waals surface area contributed by atoms with Crippen molar-refractivity contribution in [3.63, 3.8) is 0 Å². The number of aliphatic carboxylic acids is 1. The van der Waals surface area contributed by atoms with Crippen molar-refractivity contribution in [1.82, 2.24) is 35.5 Å². The normalized spacial score (nSPS) is 12.2. The summed E-state index contributed by atoms with van der Waals surface area (Å²) in [5, 5.41) is 24.5. The summed E-state index contributed by atoms with van der Waals surface area (Å²) in [6.07, 6.45) is 9.37. The third-order valence-corrected chi connectivity index (χ3v) is 7.18. The van der Waals surface area contributed by atoms with E-state index in [4.69, 9.17) is 0 Å². The molecular formula is C32H39N7O3. The van der Waals surface area contributed by atoms with Crippen LogP contribution in [0.25, 0.3) is 22.8 Å². The number of carbonyl (C=O) groups excluding carboxylic acids is 1. The second kappa shape index (κ2) is 13.9. The maximum atomic E-state index is 12.8. The van der Waals surface area contributed by atoms with E-state index in [0.717, 1.165) is 41.6 Å². The lowest BCUT2D eigenvalue weighted by atomic mass is 9.86. The average Bonchev–Trinajstić information content (AvgIpc) is 3.45. The molecule has 1 amide bonds. The SMILES string of the molecule is CCCCCCCn1nnnc1-c1cnc(-c2ccc(C[C@H](NC(=O)c3ccc(C(C)(C)C)cc3)C(=O)O)cc2)nc1. The van der Waals surface area contributed by atoms with E-state index in [1.807, 2.05) is 36.4 Å². The number of benzene rings is 2. The van der Waals surface area contributed by atoms with Gasteiger partial charge in [-0.2, -0.15) is 0 Å². The van der Waals surface area contributed by atoms with Gasteiger partial charge in [0, 0.05) is 36.5 Å². The molecule has 10 nitrogen and oxygen atoms in total. The molecule has 10 heteroatoms. The van der Waals surface area contributed by atoms with E-state index < -0.39 is 17.9 Å². The van der Waals surface area contributed by atoms with Crippen molar-refractivity contribution in [3.8, 4) is 22.8 Å². The van der Waals surface area contributed by atoms with Crippen LogP contribution in [-0.2, 0) is 23.2 Å². The van der Waals surface area contributed by atoms with Crippen molar-refractivity contribution in [1.29, 1.82) is 0 Å². The van der Waals surface area contributed by atoms with Crippen LogP contribution in [0.15, 0.2) is 60.9 Å². The Kier molecular flexibility index (Phi) is 10.1. The van der Waals surface area contributed by atoms with Gasteiger partial charge in [-0.25, -0.2) is 19.4 Å². The fourth-order valence-electron chi connectivity index (χ4n) is 4.61. The van der Waals surface area contributed by atoms with Crippen LogP contribution in [0.1, 0.15) is 81.3 Å². The number of rotatable bonds is 13. The fourth-order valence-corrected chi connectivity index (χ4v) is 4.61. The number of tetrazole rings is 1. The highest BCUT2D eigenvalue weighted by molar-refractivity contribution is 5.96. The standard InChI is InChI=1S/C32H39N7O3/c1-5-6-7-8-9-18-39-29(36-37-38-39)25-20-33-28(34-21-25)23-12-10-22(11-13-23)19-27(31(41)42)35-30(40)24-14-16-26(17-15-24)32(2,3)4/h10-17,20-21,27H,5-9,18-19H2,1-4H3,(H,35,40)(H,41,42)/t27-/m0/s1. The molecule has 0 aliphatic heterocycles. The molecule has 1 atom stereocenters. The molecule has 2 N–H and O–H groups in total.